The van der Waals surface area contributed by atoms with Gasteiger partial charge in [-0.25, -0.2) is 0 Å². The van der Waals surface area contributed by atoms with Gasteiger partial charge in [-0.2, -0.15) is 0 Å². The van der Waals surface area contributed by atoms with Gasteiger partial charge < -0.3 is 4.74 Å². The Hall–Kier alpha value is -0.210. The molecular weight excluding hydrogens is 275 g/mol. The second kappa shape index (κ2) is 3.67. The van der Waals surface area contributed by atoms with Crippen LogP contribution in [0.4, 0.5) is 0 Å². The fourth-order valence-electron chi connectivity index (χ4n) is 2.66. The SMILES string of the molecule is Clc1cccc2c1O[C@@H]1CCC[C@H]2C1Br. The van der Waals surface area contributed by atoms with Crippen molar-refractivity contribution in [2.24, 2.45) is 0 Å². The Morgan fingerprint density at radius 1 is 1.33 bits per heavy atom. The Balaban J connectivity index is 2.12. The Bertz CT molecular complexity index is 393. The molecule has 1 aliphatic carbocycles. The van der Waals surface area contributed by atoms with Gasteiger partial charge in [0, 0.05) is 11.5 Å². The van der Waals surface area contributed by atoms with Gasteiger partial charge in [0.2, 0.25) is 0 Å². The van der Waals surface area contributed by atoms with Crippen molar-refractivity contribution in [1.29, 1.82) is 0 Å². The summed E-state index contributed by atoms with van der Waals surface area (Å²) < 4.78 is 5.97. The molecule has 1 heterocycles. The van der Waals surface area contributed by atoms with Crippen molar-refractivity contribution in [2.75, 3.05) is 0 Å². The Kier molecular flexibility index (Phi) is 2.44. The first-order valence-corrected chi connectivity index (χ1v) is 6.66. The zero-order valence-corrected chi connectivity index (χ0v) is 10.6. The highest BCUT2D eigenvalue weighted by atomic mass is 79.9. The minimum Gasteiger partial charge on any atom is -0.487 e. The number of fused-ring (bicyclic) bond motifs is 4. The molecule has 1 aromatic carbocycles. The lowest BCUT2D eigenvalue weighted by Crippen LogP contribution is -2.40. The van der Waals surface area contributed by atoms with Crippen LogP contribution in [0.1, 0.15) is 30.7 Å². The maximum atomic E-state index is 6.16. The first-order valence-electron chi connectivity index (χ1n) is 5.36. The summed E-state index contributed by atoms with van der Waals surface area (Å²) >= 11 is 9.92. The van der Waals surface area contributed by atoms with Crippen molar-refractivity contribution >= 4 is 27.5 Å². The molecule has 2 bridgehead atoms. The number of rotatable bonds is 0. The summed E-state index contributed by atoms with van der Waals surface area (Å²) in [7, 11) is 0. The molecule has 2 aliphatic rings. The summed E-state index contributed by atoms with van der Waals surface area (Å²) in [5.74, 6) is 1.50. The maximum absolute atomic E-state index is 6.16. The summed E-state index contributed by atoms with van der Waals surface area (Å²) in [6, 6.07) is 6.06. The van der Waals surface area contributed by atoms with Gasteiger partial charge in [0.05, 0.1) is 9.85 Å². The van der Waals surface area contributed by atoms with E-state index in [4.69, 9.17) is 16.3 Å². The van der Waals surface area contributed by atoms with E-state index in [9.17, 15) is 0 Å². The number of hydrogen-bond acceptors (Lipinski definition) is 1. The minimum absolute atomic E-state index is 0.302. The number of benzene rings is 1. The Morgan fingerprint density at radius 3 is 3.07 bits per heavy atom. The van der Waals surface area contributed by atoms with Gasteiger partial charge in [0.15, 0.2) is 0 Å². The fourth-order valence-corrected chi connectivity index (χ4v) is 3.81. The Morgan fingerprint density at radius 2 is 2.20 bits per heavy atom. The van der Waals surface area contributed by atoms with Gasteiger partial charge in [-0.1, -0.05) is 39.7 Å². The fraction of sp³-hybridized carbons (Fsp3) is 0.500. The predicted octanol–water partition coefficient (Wildman–Crippen LogP) is 4.13. The van der Waals surface area contributed by atoms with Crippen molar-refractivity contribution in [2.45, 2.75) is 36.1 Å². The monoisotopic (exact) mass is 286 g/mol. The first kappa shape index (κ1) is 9.98. The summed E-state index contributed by atoms with van der Waals surface area (Å²) in [5.41, 5.74) is 1.28. The molecule has 3 heteroatoms. The smallest absolute Gasteiger partial charge is 0.141 e. The highest BCUT2D eigenvalue weighted by molar-refractivity contribution is 9.09. The number of ether oxygens (including phenoxy) is 1. The average Bonchev–Trinajstić information content (AvgIpc) is 2.20. The molecule has 0 aromatic heterocycles. The van der Waals surface area contributed by atoms with E-state index in [1.54, 1.807) is 0 Å². The zero-order valence-electron chi connectivity index (χ0n) is 8.25. The average molecular weight is 288 g/mol. The van der Waals surface area contributed by atoms with Gasteiger partial charge in [0.1, 0.15) is 11.9 Å². The molecule has 80 valence electrons. The standard InChI is InChI=1S/C12H12BrClO/c13-11-7-3-2-6-10(11)15-12-8(7)4-1-5-9(12)14/h1,4-5,7,10-11H,2-3,6H2/t7-,10-,11?/m1/s1. The van der Waals surface area contributed by atoms with Crippen LogP contribution >= 0.6 is 27.5 Å². The van der Waals surface area contributed by atoms with E-state index in [1.165, 1.54) is 18.4 Å². The summed E-state index contributed by atoms with van der Waals surface area (Å²) in [6.45, 7) is 0. The molecule has 1 aliphatic heterocycles. The molecule has 0 radical (unpaired) electrons. The Labute approximate surface area is 103 Å². The van der Waals surface area contributed by atoms with Crippen LogP contribution in [0.15, 0.2) is 18.2 Å². The molecule has 1 fully saturated rings. The molecule has 0 spiro atoms. The molecule has 1 saturated carbocycles. The van der Waals surface area contributed by atoms with E-state index in [1.807, 2.05) is 12.1 Å². The molecule has 0 N–H and O–H groups in total. The van der Waals surface area contributed by atoms with Crippen LogP contribution in [0.5, 0.6) is 5.75 Å². The highest BCUT2D eigenvalue weighted by Gasteiger charge is 2.40. The third kappa shape index (κ3) is 1.50. The van der Waals surface area contributed by atoms with Crippen molar-refractivity contribution in [1.82, 2.24) is 0 Å². The molecule has 15 heavy (non-hydrogen) atoms. The van der Waals surface area contributed by atoms with Gasteiger partial charge in [-0.05, 0) is 25.3 Å². The largest absolute Gasteiger partial charge is 0.487 e. The van der Waals surface area contributed by atoms with Crippen LogP contribution in [-0.4, -0.2) is 10.9 Å². The van der Waals surface area contributed by atoms with Crippen LogP contribution in [0.25, 0.3) is 0 Å². The van der Waals surface area contributed by atoms with Crippen LogP contribution in [-0.2, 0) is 0 Å². The topological polar surface area (TPSA) is 9.23 Å². The van der Waals surface area contributed by atoms with Gasteiger partial charge in [0.25, 0.3) is 0 Å². The molecule has 0 amide bonds. The summed E-state index contributed by atoms with van der Waals surface area (Å²) in [5, 5.41) is 0.754. The molecule has 0 saturated heterocycles. The van der Waals surface area contributed by atoms with Crippen molar-refractivity contribution in [3.8, 4) is 5.75 Å². The zero-order chi connectivity index (χ0) is 10.4. The van der Waals surface area contributed by atoms with Gasteiger partial charge >= 0.3 is 0 Å². The van der Waals surface area contributed by atoms with Crippen LogP contribution in [0.2, 0.25) is 5.02 Å². The second-order valence-electron chi connectivity index (χ2n) is 4.30. The third-order valence-corrected chi connectivity index (χ3v) is 4.93. The molecule has 1 nitrogen and oxygen atoms in total. The predicted molar refractivity (Wildman–Crippen MR) is 65.2 cm³/mol. The molecule has 3 rings (SSSR count). The number of halogens is 2. The molecule has 1 unspecified atom stereocenters. The van der Waals surface area contributed by atoms with E-state index in [2.05, 4.69) is 22.0 Å². The van der Waals surface area contributed by atoms with Crippen molar-refractivity contribution < 1.29 is 4.74 Å². The number of hydrogen-bond donors (Lipinski definition) is 0. The van der Waals surface area contributed by atoms with E-state index in [0.717, 1.165) is 17.2 Å². The van der Waals surface area contributed by atoms with Gasteiger partial charge in [-0.3, -0.25) is 0 Å². The van der Waals surface area contributed by atoms with Gasteiger partial charge in [-0.15, -0.1) is 0 Å². The summed E-state index contributed by atoms with van der Waals surface area (Å²) in [6.07, 6.45) is 3.93. The normalized spacial score (nSPS) is 33.1. The molecule has 3 atom stereocenters. The number of para-hydroxylation sites is 1. The van der Waals surface area contributed by atoms with Crippen LogP contribution < -0.4 is 4.74 Å². The third-order valence-electron chi connectivity index (χ3n) is 3.41. The maximum Gasteiger partial charge on any atom is 0.141 e. The van der Waals surface area contributed by atoms with Crippen LogP contribution in [0, 0.1) is 0 Å². The quantitative estimate of drug-likeness (QED) is 0.652. The van der Waals surface area contributed by atoms with Crippen LogP contribution in [0.3, 0.4) is 0 Å². The van der Waals surface area contributed by atoms with E-state index in [0.29, 0.717) is 16.8 Å². The summed E-state index contributed by atoms with van der Waals surface area (Å²) in [4.78, 5) is 0.456. The van der Waals surface area contributed by atoms with E-state index >= 15 is 0 Å². The number of alkyl halides is 1. The highest BCUT2D eigenvalue weighted by Crippen LogP contribution is 2.49. The second-order valence-corrected chi connectivity index (χ2v) is 5.76. The molecular formula is C12H12BrClO. The van der Waals surface area contributed by atoms with E-state index < -0.39 is 0 Å². The van der Waals surface area contributed by atoms with E-state index in [-0.39, 0.29) is 0 Å². The lowest BCUT2D eigenvalue weighted by atomic mass is 9.80. The molecule has 1 aromatic rings. The van der Waals surface area contributed by atoms with Crippen molar-refractivity contribution in [3.05, 3.63) is 28.8 Å². The lowest BCUT2D eigenvalue weighted by molar-refractivity contribution is 0.129. The first-order chi connectivity index (χ1) is 7.27. The minimum atomic E-state index is 0.302. The lowest BCUT2D eigenvalue weighted by Gasteiger charge is -2.41. The van der Waals surface area contributed by atoms with Crippen molar-refractivity contribution in [3.63, 3.8) is 0 Å².